The highest BCUT2D eigenvalue weighted by atomic mass is 35.5. The molecule has 1 amide bonds. The summed E-state index contributed by atoms with van der Waals surface area (Å²) in [4.78, 5) is 17.6. The summed E-state index contributed by atoms with van der Waals surface area (Å²) < 4.78 is 27.1. The van der Waals surface area contributed by atoms with E-state index in [2.05, 4.69) is 15.0 Å². The molecule has 0 radical (unpaired) electrons. The SMILES string of the molecule is Cc1cc(Cl)ccc1NC(=O)C(CC(C)C)N=C1NS(=O)(=O)c2ccccc21. The number of benzene rings is 2. The number of carbonyl (C=O) groups excluding carboxylic acids is 1. The predicted octanol–water partition coefficient (Wildman–Crippen LogP) is 3.74. The zero-order valence-corrected chi connectivity index (χ0v) is 17.4. The fraction of sp³-hybridized carbons (Fsp3) is 0.300. The van der Waals surface area contributed by atoms with Crippen LogP contribution in [0.25, 0.3) is 0 Å². The number of aliphatic imine (C=N–C) groups is 1. The molecule has 2 N–H and O–H groups in total. The van der Waals surface area contributed by atoms with Crippen LogP contribution in [0.1, 0.15) is 31.4 Å². The molecule has 0 fully saturated rings. The third-order valence-electron chi connectivity index (χ3n) is 4.39. The molecule has 28 heavy (non-hydrogen) atoms. The lowest BCUT2D eigenvalue weighted by atomic mass is 10.0. The summed E-state index contributed by atoms with van der Waals surface area (Å²) in [6, 6.07) is 11.1. The molecule has 1 atom stereocenters. The maximum atomic E-state index is 12.9. The van der Waals surface area contributed by atoms with Crippen molar-refractivity contribution in [2.75, 3.05) is 5.32 Å². The Morgan fingerprint density at radius 2 is 1.93 bits per heavy atom. The number of aryl methyl sites for hydroxylation is 1. The van der Waals surface area contributed by atoms with Gasteiger partial charge in [-0.3, -0.25) is 14.5 Å². The van der Waals surface area contributed by atoms with Crippen molar-refractivity contribution >= 4 is 39.1 Å². The summed E-state index contributed by atoms with van der Waals surface area (Å²) in [5.41, 5.74) is 1.96. The van der Waals surface area contributed by atoms with Gasteiger partial charge in [-0.2, -0.15) is 0 Å². The van der Waals surface area contributed by atoms with Gasteiger partial charge in [0.1, 0.15) is 11.9 Å². The number of fused-ring (bicyclic) bond motifs is 1. The van der Waals surface area contributed by atoms with Gasteiger partial charge in [0.25, 0.3) is 10.0 Å². The monoisotopic (exact) mass is 419 g/mol. The maximum absolute atomic E-state index is 12.9. The summed E-state index contributed by atoms with van der Waals surface area (Å²) in [5.74, 6) is 0.0964. The quantitative estimate of drug-likeness (QED) is 0.773. The van der Waals surface area contributed by atoms with Crippen LogP contribution in [0.4, 0.5) is 5.69 Å². The first kappa shape index (κ1) is 20.4. The van der Waals surface area contributed by atoms with Crippen LogP contribution in [-0.4, -0.2) is 26.2 Å². The normalized spacial score (nSPS) is 17.2. The van der Waals surface area contributed by atoms with Crippen LogP contribution in [0.3, 0.4) is 0 Å². The Bertz CT molecular complexity index is 1050. The maximum Gasteiger partial charge on any atom is 0.263 e. The van der Waals surface area contributed by atoms with Crippen LogP contribution in [0.5, 0.6) is 0 Å². The second-order valence-electron chi connectivity index (χ2n) is 7.17. The van der Waals surface area contributed by atoms with Gasteiger partial charge in [0.05, 0.1) is 4.90 Å². The van der Waals surface area contributed by atoms with Gasteiger partial charge in [-0.15, -0.1) is 0 Å². The van der Waals surface area contributed by atoms with E-state index >= 15 is 0 Å². The number of halogens is 1. The molecule has 1 unspecified atom stereocenters. The van der Waals surface area contributed by atoms with E-state index in [1.807, 2.05) is 20.8 Å². The van der Waals surface area contributed by atoms with E-state index in [1.54, 1.807) is 36.4 Å². The number of hydrogen-bond acceptors (Lipinski definition) is 4. The van der Waals surface area contributed by atoms with E-state index in [-0.39, 0.29) is 22.6 Å². The molecule has 6 nitrogen and oxygen atoms in total. The van der Waals surface area contributed by atoms with Crippen LogP contribution < -0.4 is 10.0 Å². The standard InChI is InChI=1S/C20H22ClN3O3S/c1-12(2)10-17(20(25)23-16-9-8-14(21)11-13(16)3)22-19-15-6-4-5-7-18(15)28(26,27)24-19/h4-9,11-12,17H,10H2,1-3H3,(H,22,24)(H,23,25). The Balaban J connectivity index is 1.93. The smallest absolute Gasteiger partial charge is 0.263 e. The molecule has 0 saturated carbocycles. The zero-order valence-electron chi connectivity index (χ0n) is 15.9. The minimum Gasteiger partial charge on any atom is -0.324 e. The van der Waals surface area contributed by atoms with E-state index < -0.39 is 16.1 Å². The minimum atomic E-state index is -3.65. The second kappa shape index (κ2) is 7.93. The number of amides is 1. The molecule has 1 aliphatic rings. The van der Waals surface area contributed by atoms with Crippen molar-refractivity contribution in [3.05, 3.63) is 58.6 Å². The van der Waals surface area contributed by atoms with Crippen LogP contribution in [0, 0.1) is 12.8 Å². The third kappa shape index (κ3) is 4.36. The number of rotatable bonds is 5. The summed E-state index contributed by atoms with van der Waals surface area (Å²) in [6.07, 6.45) is 0.478. The molecule has 0 saturated heterocycles. The van der Waals surface area contributed by atoms with E-state index in [9.17, 15) is 13.2 Å². The average Bonchev–Trinajstić information content (AvgIpc) is 2.87. The molecule has 0 aromatic heterocycles. The summed E-state index contributed by atoms with van der Waals surface area (Å²) in [5, 5.41) is 3.47. The largest absolute Gasteiger partial charge is 0.324 e. The van der Waals surface area contributed by atoms with Crippen LogP contribution in [-0.2, 0) is 14.8 Å². The highest BCUT2D eigenvalue weighted by Gasteiger charge is 2.32. The predicted molar refractivity (Wildman–Crippen MR) is 111 cm³/mol. The van der Waals surface area contributed by atoms with Gasteiger partial charge < -0.3 is 5.32 Å². The minimum absolute atomic E-state index is 0.172. The van der Waals surface area contributed by atoms with Crippen molar-refractivity contribution in [3.8, 4) is 0 Å². The molecule has 0 aliphatic carbocycles. The van der Waals surface area contributed by atoms with Gasteiger partial charge >= 0.3 is 0 Å². The first-order valence-corrected chi connectivity index (χ1v) is 10.8. The second-order valence-corrected chi connectivity index (χ2v) is 9.26. The fourth-order valence-electron chi connectivity index (χ4n) is 3.03. The number of nitrogens with one attached hydrogen (secondary N) is 2. The van der Waals surface area contributed by atoms with E-state index in [0.29, 0.717) is 22.7 Å². The molecule has 2 aromatic rings. The lowest BCUT2D eigenvalue weighted by molar-refractivity contribution is -0.117. The van der Waals surface area contributed by atoms with Gasteiger partial charge in [-0.05, 0) is 55.2 Å². The Hall–Kier alpha value is -2.38. The first-order chi connectivity index (χ1) is 13.2. The van der Waals surface area contributed by atoms with Crippen molar-refractivity contribution in [2.24, 2.45) is 10.9 Å². The van der Waals surface area contributed by atoms with E-state index in [1.165, 1.54) is 6.07 Å². The van der Waals surface area contributed by atoms with Crippen LogP contribution in [0.2, 0.25) is 5.02 Å². The number of amidine groups is 1. The number of carbonyl (C=O) groups is 1. The van der Waals surface area contributed by atoms with Gasteiger partial charge in [0, 0.05) is 16.3 Å². The Labute approximate surface area is 170 Å². The molecule has 3 rings (SSSR count). The van der Waals surface area contributed by atoms with Crippen LogP contribution in [0.15, 0.2) is 52.4 Å². The van der Waals surface area contributed by atoms with Gasteiger partial charge in [-0.1, -0.05) is 37.6 Å². The van der Waals surface area contributed by atoms with Gasteiger partial charge in [0.15, 0.2) is 0 Å². The van der Waals surface area contributed by atoms with Crippen molar-refractivity contribution in [3.63, 3.8) is 0 Å². The lowest BCUT2D eigenvalue weighted by Crippen LogP contribution is -2.31. The Morgan fingerprint density at radius 3 is 2.61 bits per heavy atom. The molecular formula is C20H22ClN3O3S. The highest BCUT2D eigenvalue weighted by molar-refractivity contribution is 7.90. The summed E-state index contributed by atoms with van der Waals surface area (Å²) >= 11 is 5.97. The number of anilines is 1. The number of hydrogen-bond donors (Lipinski definition) is 2. The first-order valence-electron chi connectivity index (χ1n) is 8.94. The molecule has 8 heteroatoms. The third-order valence-corrected chi connectivity index (χ3v) is 6.02. The molecule has 0 spiro atoms. The van der Waals surface area contributed by atoms with Gasteiger partial charge in [-0.25, -0.2) is 8.42 Å². The van der Waals surface area contributed by atoms with Crippen molar-refractivity contribution in [1.29, 1.82) is 0 Å². The summed E-state index contributed by atoms with van der Waals surface area (Å²) in [6.45, 7) is 5.83. The molecule has 2 aromatic carbocycles. The zero-order chi connectivity index (χ0) is 20.5. The number of sulfonamides is 1. The molecule has 1 aliphatic heterocycles. The molecule has 1 heterocycles. The van der Waals surface area contributed by atoms with E-state index in [4.69, 9.17) is 11.6 Å². The Morgan fingerprint density at radius 1 is 1.21 bits per heavy atom. The Kier molecular flexibility index (Phi) is 5.76. The van der Waals surface area contributed by atoms with Crippen molar-refractivity contribution in [1.82, 2.24) is 4.72 Å². The fourth-order valence-corrected chi connectivity index (χ4v) is 4.50. The molecule has 148 valence electrons. The van der Waals surface area contributed by atoms with E-state index in [0.717, 1.165) is 5.56 Å². The van der Waals surface area contributed by atoms with Crippen molar-refractivity contribution in [2.45, 2.75) is 38.1 Å². The molecule has 0 bridgehead atoms. The average molecular weight is 420 g/mol. The van der Waals surface area contributed by atoms with Gasteiger partial charge in [0.2, 0.25) is 5.91 Å². The van der Waals surface area contributed by atoms with Crippen molar-refractivity contribution < 1.29 is 13.2 Å². The lowest BCUT2D eigenvalue weighted by Gasteiger charge is -2.17. The summed E-state index contributed by atoms with van der Waals surface area (Å²) in [7, 11) is -3.65. The molecular weight excluding hydrogens is 398 g/mol. The topological polar surface area (TPSA) is 87.6 Å². The van der Waals surface area contributed by atoms with Crippen LogP contribution >= 0.6 is 11.6 Å². The highest BCUT2D eigenvalue weighted by Crippen LogP contribution is 2.24. The number of nitrogens with zero attached hydrogens (tertiary/aromatic N) is 1.